The van der Waals surface area contributed by atoms with Crippen LogP contribution < -0.4 is 10.1 Å². The van der Waals surface area contributed by atoms with Gasteiger partial charge in [-0.15, -0.1) is 0 Å². The Morgan fingerprint density at radius 1 is 1.07 bits per heavy atom. The van der Waals surface area contributed by atoms with E-state index in [1.165, 1.54) is 0 Å². The summed E-state index contributed by atoms with van der Waals surface area (Å²) in [7, 11) is 1.60. The average Bonchev–Trinajstić information content (AvgIpc) is 3.11. The number of anilines is 1. The van der Waals surface area contributed by atoms with Gasteiger partial charge in [-0.2, -0.15) is 0 Å². The van der Waals surface area contributed by atoms with Crippen LogP contribution in [0, 0.1) is 13.8 Å². The summed E-state index contributed by atoms with van der Waals surface area (Å²) < 4.78 is 7.43. The molecule has 0 aliphatic rings. The lowest BCUT2D eigenvalue weighted by Gasteiger charge is -2.12. The second kappa shape index (κ2) is 7.80. The van der Waals surface area contributed by atoms with Crippen molar-refractivity contribution >= 4 is 17.2 Å². The molecule has 1 amide bonds. The van der Waals surface area contributed by atoms with E-state index in [0.29, 0.717) is 17.9 Å². The maximum Gasteiger partial charge on any atom is 0.228 e. The molecule has 2 heterocycles. The fourth-order valence-corrected chi connectivity index (χ4v) is 3.39. The first-order chi connectivity index (χ1) is 14.0. The molecular weight excluding hydrogens is 362 g/mol. The monoisotopic (exact) mass is 385 g/mol. The van der Waals surface area contributed by atoms with Crippen LogP contribution in [0.1, 0.15) is 16.7 Å². The minimum absolute atomic E-state index is 0.0864. The number of benzene rings is 2. The number of aromatic nitrogens is 2. The number of amides is 1. The minimum Gasteiger partial charge on any atom is -0.495 e. The van der Waals surface area contributed by atoms with Crippen LogP contribution >= 0.6 is 0 Å². The van der Waals surface area contributed by atoms with Crippen LogP contribution in [0.5, 0.6) is 5.75 Å². The summed E-state index contributed by atoms with van der Waals surface area (Å²) in [5, 5.41) is 2.98. The molecule has 4 aromatic rings. The highest BCUT2D eigenvalue weighted by molar-refractivity contribution is 5.94. The summed E-state index contributed by atoms with van der Waals surface area (Å²) >= 11 is 0. The van der Waals surface area contributed by atoms with Gasteiger partial charge in [0.25, 0.3) is 0 Å². The Morgan fingerprint density at radius 3 is 2.69 bits per heavy atom. The van der Waals surface area contributed by atoms with Gasteiger partial charge in [-0.05, 0) is 55.3 Å². The molecule has 0 atom stereocenters. The van der Waals surface area contributed by atoms with Crippen LogP contribution in [0.25, 0.3) is 16.9 Å². The molecule has 4 rings (SSSR count). The Bertz CT molecular complexity index is 1190. The van der Waals surface area contributed by atoms with E-state index < -0.39 is 0 Å². The van der Waals surface area contributed by atoms with Gasteiger partial charge in [0.2, 0.25) is 5.91 Å². The fourth-order valence-electron chi connectivity index (χ4n) is 3.39. The quantitative estimate of drug-likeness (QED) is 0.536. The van der Waals surface area contributed by atoms with Gasteiger partial charge in [-0.1, -0.05) is 29.8 Å². The Kier molecular flexibility index (Phi) is 5.04. The number of carbonyl (C=O) groups is 1. The third kappa shape index (κ3) is 4.14. The van der Waals surface area contributed by atoms with Crippen molar-refractivity contribution in [2.45, 2.75) is 20.3 Å². The van der Waals surface area contributed by atoms with Crippen molar-refractivity contribution in [3.63, 3.8) is 0 Å². The number of pyridine rings is 1. The lowest BCUT2D eigenvalue weighted by Crippen LogP contribution is -2.15. The Hall–Kier alpha value is -3.60. The number of rotatable bonds is 5. The first-order valence-electron chi connectivity index (χ1n) is 9.51. The molecule has 0 radical (unpaired) electrons. The lowest BCUT2D eigenvalue weighted by atomic mass is 10.1. The standard InChI is InChI=1S/C24H23N3O2/c1-16-5-4-6-18(11-16)13-24(28)26-20-14-19(7-8-22(20)29-3)21-15-27-10-9-17(2)12-23(27)25-21/h4-12,14-15H,13H2,1-3H3,(H,26,28). The van der Waals surface area contributed by atoms with E-state index in [1.54, 1.807) is 7.11 Å². The number of carbonyl (C=O) groups excluding carboxylic acids is 1. The fraction of sp³-hybridized carbons (Fsp3) is 0.167. The van der Waals surface area contributed by atoms with Crippen molar-refractivity contribution in [3.8, 4) is 17.0 Å². The highest BCUT2D eigenvalue weighted by Gasteiger charge is 2.12. The third-order valence-corrected chi connectivity index (χ3v) is 4.83. The third-order valence-electron chi connectivity index (χ3n) is 4.83. The highest BCUT2D eigenvalue weighted by Crippen LogP contribution is 2.30. The molecule has 1 N–H and O–H groups in total. The molecule has 0 unspecified atom stereocenters. The SMILES string of the molecule is COc1ccc(-c2cn3ccc(C)cc3n2)cc1NC(=O)Cc1cccc(C)c1. The number of methoxy groups -OCH3 is 1. The summed E-state index contributed by atoms with van der Waals surface area (Å²) in [5.41, 5.74) is 6.56. The molecule has 0 aliphatic heterocycles. The van der Waals surface area contributed by atoms with Crippen LogP contribution in [0.4, 0.5) is 5.69 Å². The number of aryl methyl sites for hydroxylation is 2. The molecule has 146 valence electrons. The van der Waals surface area contributed by atoms with Crippen molar-refractivity contribution in [3.05, 3.63) is 83.7 Å². The van der Waals surface area contributed by atoms with E-state index in [1.807, 2.05) is 85.2 Å². The second-order valence-corrected chi connectivity index (χ2v) is 7.22. The smallest absolute Gasteiger partial charge is 0.228 e. The van der Waals surface area contributed by atoms with Gasteiger partial charge in [0.05, 0.1) is 24.9 Å². The van der Waals surface area contributed by atoms with E-state index in [4.69, 9.17) is 9.72 Å². The Balaban J connectivity index is 1.61. The van der Waals surface area contributed by atoms with E-state index >= 15 is 0 Å². The molecular formula is C24H23N3O2. The number of imidazole rings is 1. The number of ether oxygens (including phenoxy) is 1. The van der Waals surface area contributed by atoms with Gasteiger partial charge in [0.15, 0.2) is 0 Å². The van der Waals surface area contributed by atoms with Crippen LogP contribution in [0.2, 0.25) is 0 Å². The van der Waals surface area contributed by atoms with E-state index in [-0.39, 0.29) is 5.91 Å². The number of hydrogen-bond acceptors (Lipinski definition) is 3. The van der Waals surface area contributed by atoms with Crippen molar-refractivity contribution < 1.29 is 9.53 Å². The molecule has 2 aromatic carbocycles. The number of hydrogen-bond donors (Lipinski definition) is 1. The van der Waals surface area contributed by atoms with Gasteiger partial charge in [-0.25, -0.2) is 4.98 Å². The van der Waals surface area contributed by atoms with Crippen LogP contribution in [0.3, 0.4) is 0 Å². The minimum atomic E-state index is -0.0864. The molecule has 0 fully saturated rings. The molecule has 29 heavy (non-hydrogen) atoms. The zero-order valence-corrected chi connectivity index (χ0v) is 16.8. The highest BCUT2D eigenvalue weighted by atomic mass is 16.5. The van der Waals surface area contributed by atoms with Crippen LogP contribution in [-0.2, 0) is 11.2 Å². The lowest BCUT2D eigenvalue weighted by molar-refractivity contribution is -0.115. The molecule has 2 aromatic heterocycles. The van der Waals surface area contributed by atoms with Crippen molar-refractivity contribution in [1.82, 2.24) is 9.38 Å². The van der Waals surface area contributed by atoms with Crippen molar-refractivity contribution in [2.24, 2.45) is 0 Å². The van der Waals surface area contributed by atoms with Gasteiger partial charge in [0, 0.05) is 18.0 Å². The summed E-state index contributed by atoms with van der Waals surface area (Å²) in [5.74, 6) is 0.530. The zero-order chi connectivity index (χ0) is 20.4. The molecule has 5 heteroatoms. The molecule has 0 saturated heterocycles. The maximum atomic E-state index is 12.6. The number of nitrogens with zero attached hydrogens (tertiary/aromatic N) is 2. The van der Waals surface area contributed by atoms with E-state index in [2.05, 4.69) is 5.32 Å². The normalized spacial score (nSPS) is 10.9. The summed E-state index contributed by atoms with van der Waals surface area (Å²) in [4.78, 5) is 17.3. The molecule has 0 aliphatic carbocycles. The van der Waals surface area contributed by atoms with Gasteiger partial charge in [-0.3, -0.25) is 4.79 Å². The van der Waals surface area contributed by atoms with E-state index in [0.717, 1.165) is 33.6 Å². The van der Waals surface area contributed by atoms with Gasteiger partial charge >= 0.3 is 0 Å². The molecule has 0 saturated carbocycles. The van der Waals surface area contributed by atoms with E-state index in [9.17, 15) is 4.79 Å². The summed E-state index contributed by atoms with van der Waals surface area (Å²) in [6.07, 6.45) is 4.28. The Labute approximate surface area is 170 Å². The summed E-state index contributed by atoms with van der Waals surface area (Å²) in [6, 6.07) is 17.7. The molecule has 0 spiro atoms. The van der Waals surface area contributed by atoms with Gasteiger partial charge < -0.3 is 14.5 Å². The number of nitrogens with one attached hydrogen (secondary N) is 1. The first-order valence-corrected chi connectivity index (χ1v) is 9.51. The number of fused-ring (bicyclic) bond motifs is 1. The first kappa shape index (κ1) is 18.7. The summed E-state index contributed by atoms with van der Waals surface area (Å²) in [6.45, 7) is 4.06. The largest absolute Gasteiger partial charge is 0.495 e. The van der Waals surface area contributed by atoms with Crippen molar-refractivity contribution in [2.75, 3.05) is 12.4 Å². The molecule has 0 bridgehead atoms. The topological polar surface area (TPSA) is 55.6 Å². The Morgan fingerprint density at radius 2 is 1.90 bits per heavy atom. The average molecular weight is 385 g/mol. The predicted octanol–water partition coefficient (Wildman–Crippen LogP) is 4.81. The zero-order valence-electron chi connectivity index (χ0n) is 16.8. The van der Waals surface area contributed by atoms with Gasteiger partial charge in [0.1, 0.15) is 11.4 Å². The van der Waals surface area contributed by atoms with Crippen LogP contribution in [-0.4, -0.2) is 22.4 Å². The maximum absolute atomic E-state index is 12.6. The second-order valence-electron chi connectivity index (χ2n) is 7.22. The predicted molar refractivity (Wildman–Crippen MR) is 115 cm³/mol. The molecule has 5 nitrogen and oxygen atoms in total. The van der Waals surface area contributed by atoms with Crippen LogP contribution in [0.15, 0.2) is 67.0 Å². The van der Waals surface area contributed by atoms with Crippen molar-refractivity contribution in [1.29, 1.82) is 0 Å².